The van der Waals surface area contributed by atoms with Gasteiger partial charge in [-0.15, -0.1) is 0 Å². The molecule has 0 aliphatic rings. The largest absolute Gasteiger partial charge is 1.00 e. The molecule has 6 heteroatoms. The van der Waals surface area contributed by atoms with E-state index in [0.717, 1.165) is 0 Å². The third kappa shape index (κ3) is 3.81. The van der Waals surface area contributed by atoms with Gasteiger partial charge in [-0.3, -0.25) is 0 Å². The van der Waals surface area contributed by atoms with Crippen LogP contribution in [0.4, 0.5) is 5.69 Å². The SMILES string of the molecule is Cc1cc(N)c([O-])c(C(=O)[O-])c1.[Na+].[Na+]. The Balaban J connectivity index is 0. The van der Waals surface area contributed by atoms with Crippen LogP contribution in [0.2, 0.25) is 0 Å². The molecule has 0 fully saturated rings. The van der Waals surface area contributed by atoms with Crippen molar-refractivity contribution in [3.05, 3.63) is 23.3 Å². The summed E-state index contributed by atoms with van der Waals surface area (Å²) in [6.45, 7) is 1.66. The number of anilines is 1. The maximum absolute atomic E-state index is 11.0. The van der Waals surface area contributed by atoms with Gasteiger partial charge in [0.1, 0.15) is 0 Å². The zero-order valence-electron chi connectivity index (χ0n) is 8.46. The van der Waals surface area contributed by atoms with Gasteiger partial charge in [-0.2, -0.15) is 0 Å². The normalized spacial score (nSPS) is 8.36. The van der Waals surface area contributed by atoms with Crippen LogP contribution in [0.25, 0.3) is 0 Å². The number of aryl methyl sites for hydroxylation is 1. The zero-order valence-corrected chi connectivity index (χ0v) is 12.5. The Morgan fingerprint density at radius 1 is 1.36 bits per heavy atom. The van der Waals surface area contributed by atoms with E-state index in [1.165, 1.54) is 12.1 Å². The van der Waals surface area contributed by atoms with Gasteiger partial charge in [-0.1, -0.05) is 11.8 Å². The van der Waals surface area contributed by atoms with E-state index in [0.29, 0.717) is 5.56 Å². The predicted molar refractivity (Wildman–Crippen MR) is 39.4 cm³/mol. The molecule has 0 radical (unpaired) electrons. The summed E-state index contributed by atoms with van der Waals surface area (Å²) in [6.07, 6.45) is 0. The molecule has 1 rings (SSSR count). The van der Waals surface area contributed by atoms with Crippen LogP contribution in [0.3, 0.4) is 0 Å². The van der Waals surface area contributed by atoms with E-state index in [1.807, 2.05) is 0 Å². The summed E-state index contributed by atoms with van der Waals surface area (Å²) in [6, 6.07) is 2.67. The number of hydrogen-bond acceptors (Lipinski definition) is 4. The number of carboxylic acid groups (broad SMARTS) is 1. The van der Waals surface area contributed by atoms with Crippen molar-refractivity contribution >= 4 is 11.7 Å². The van der Waals surface area contributed by atoms with Crippen LogP contribution >= 0.6 is 0 Å². The van der Waals surface area contributed by atoms with Crippen molar-refractivity contribution in [3.63, 3.8) is 0 Å². The van der Waals surface area contributed by atoms with Gasteiger partial charge in [0.2, 0.25) is 0 Å². The minimum absolute atomic E-state index is 0. The molecule has 2 N–H and O–H groups in total. The summed E-state index contributed by atoms with van der Waals surface area (Å²) in [5.41, 5.74) is 5.44. The van der Waals surface area contributed by atoms with Crippen molar-refractivity contribution in [1.29, 1.82) is 0 Å². The van der Waals surface area contributed by atoms with E-state index in [4.69, 9.17) is 5.73 Å². The minimum Gasteiger partial charge on any atom is -0.871 e. The summed E-state index contributed by atoms with van der Waals surface area (Å²) < 4.78 is 0. The first-order valence-electron chi connectivity index (χ1n) is 3.31. The van der Waals surface area contributed by atoms with Crippen LogP contribution in [0.1, 0.15) is 15.9 Å². The first-order chi connectivity index (χ1) is 5.52. The van der Waals surface area contributed by atoms with Gasteiger partial charge in [0, 0.05) is 5.69 Å². The van der Waals surface area contributed by atoms with Gasteiger partial charge in [0.15, 0.2) is 0 Å². The van der Waals surface area contributed by atoms with Crippen molar-refractivity contribution in [1.82, 2.24) is 0 Å². The molecule has 0 unspecified atom stereocenters. The van der Waals surface area contributed by atoms with E-state index >= 15 is 0 Å². The molecule has 0 heterocycles. The number of carboxylic acids is 1. The number of carbonyl (C=O) groups is 1. The van der Waals surface area contributed by atoms with Crippen LogP contribution in [0, 0.1) is 6.92 Å². The van der Waals surface area contributed by atoms with E-state index in [-0.39, 0.29) is 70.4 Å². The van der Waals surface area contributed by atoms with Crippen LogP contribution in [0.15, 0.2) is 12.1 Å². The fourth-order valence-corrected chi connectivity index (χ4v) is 0.953. The fraction of sp³-hybridized carbons (Fsp3) is 0.125. The summed E-state index contributed by atoms with van der Waals surface area (Å²) in [4.78, 5) is 10.4. The van der Waals surface area contributed by atoms with Crippen molar-refractivity contribution in [2.45, 2.75) is 6.92 Å². The molecule has 0 saturated heterocycles. The third-order valence-corrected chi connectivity index (χ3v) is 1.48. The Kier molecular flexibility index (Phi) is 8.01. The van der Waals surface area contributed by atoms with E-state index in [2.05, 4.69) is 0 Å². The first kappa shape index (κ1) is 16.7. The summed E-state index contributed by atoms with van der Waals surface area (Å²) in [7, 11) is 0. The maximum atomic E-state index is 11.0. The van der Waals surface area contributed by atoms with Crippen LogP contribution in [-0.4, -0.2) is 5.97 Å². The van der Waals surface area contributed by atoms with E-state index in [9.17, 15) is 15.0 Å². The van der Waals surface area contributed by atoms with Crippen molar-refractivity contribution < 1.29 is 74.1 Å². The Bertz CT molecular complexity index is 342. The van der Waals surface area contributed by atoms with Crippen molar-refractivity contribution in [2.75, 3.05) is 5.73 Å². The van der Waals surface area contributed by atoms with Gasteiger partial charge in [0.25, 0.3) is 0 Å². The van der Waals surface area contributed by atoms with Gasteiger partial charge < -0.3 is 20.7 Å². The number of benzene rings is 1. The molecule has 0 atom stereocenters. The molecule has 0 spiro atoms. The van der Waals surface area contributed by atoms with Crippen molar-refractivity contribution in [2.24, 2.45) is 0 Å². The standard InChI is InChI=1S/C8H9NO3.2Na/c1-4-2-5(8(11)12)7(10)6(9)3-4;;/h2-3,10H,9H2,1H3,(H,11,12);;/q;2*+1/p-2. The van der Waals surface area contributed by atoms with Crippen LogP contribution in [-0.2, 0) is 0 Å². The molecule has 0 bridgehead atoms. The summed E-state index contributed by atoms with van der Waals surface area (Å²) in [5.74, 6) is -2.17. The molecule has 0 aromatic heterocycles. The van der Waals surface area contributed by atoms with Crippen LogP contribution in [0.5, 0.6) is 5.75 Å². The molecular weight excluding hydrogens is 204 g/mol. The smallest absolute Gasteiger partial charge is 0.871 e. The molecule has 0 aliphatic heterocycles. The summed E-state index contributed by atoms with van der Waals surface area (Å²) >= 11 is 0. The monoisotopic (exact) mass is 211 g/mol. The molecular formula is C8H7NNa2O3. The molecule has 0 saturated carbocycles. The minimum atomic E-state index is -1.49. The Morgan fingerprint density at radius 2 is 1.86 bits per heavy atom. The zero-order chi connectivity index (χ0) is 9.30. The summed E-state index contributed by atoms with van der Waals surface area (Å²) in [5, 5.41) is 21.4. The number of hydrogen-bond donors (Lipinski definition) is 1. The van der Waals surface area contributed by atoms with Gasteiger partial charge in [-0.05, 0) is 24.1 Å². The van der Waals surface area contributed by atoms with Gasteiger partial charge in [-0.25, -0.2) is 0 Å². The molecule has 14 heavy (non-hydrogen) atoms. The Hall–Kier alpha value is 0.290. The number of nitrogen functional groups attached to an aromatic ring is 1. The first-order valence-corrected chi connectivity index (χ1v) is 3.31. The second-order valence-corrected chi connectivity index (χ2v) is 2.52. The number of rotatable bonds is 1. The fourth-order valence-electron chi connectivity index (χ4n) is 0.953. The molecule has 0 aliphatic carbocycles. The molecule has 0 amide bonds. The molecule has 64 valence electrons. The average molecular weight is 211 g/mol. The number of carbonyl (C=O) groups excluding carboxylic acids is 1. The van der Waals surface area contributed by atoms with Gasteiger partial charge >= 0.3 is 59.1 Å². The Labute approximate surface area is 126 Å². The third-order valence-electron chi connectivity index (χ3n) is 1.48. The number of aromatic carboxylic acids is 1. The molecule has 1 aromatic carbocycles. The van der Waals surface area contributed by atoms with E-state index in [1.54, 1.807) is 6.92 Å². The van der Waals surface area contributed by atoms with Gasteiger partial charge in [0.05, 0.1) is 5.97 Å². The van der Waals surface area contributed by atoms with Crippen molar-refractivity contribution in [3.8, 4) is 5.75 Å². The molecule has 1 aromatic rings. The maximum Gasteiger partial charge on any atom is 1.00 e. The molecule has 4 nitrogen and oxygen atoms in total. The second kappa shape index (κ2) is 6.71. The Morgan fingerprint density at radius 3 is 2.29 bits per heavy atom. The quantitative estimate of drug-likeness (QED) is 0.369. The van der Waals surface area contributed by atoms with E-state index < -0.39 is 11.7 Å². The second-order valence-electron chi connectivity index (χ2n) is 2.52. The van der Waals surface area contributed by atoms with Crippen LogP contribution < -0.4 is 75.1 Å². The number of nitrogens with two attached hydrogens (primary N) is 1. The average Bonchev–Trinajstić information content (AvgIpc) is 1.96. The predicted octanol–water partition coefficient (Wildman–Crippen LogP) is -6.98. The topological polar surface area (TPSA) is 89.2 Å².